The molecule has 3 rings (SSSR count). The van der Waals surface area contributed by atoms with Crippen LogP contribution in [0.1, 0.15) is 0 Å². The molecule has 3 aromatic rings. The van der Waals surface area contributed by atoms with Crippen LogP contribution in [0.3, 0.4) is 0 Å². The molecule has 1 aromatic carbocycles. The van der Waals surface area contributed by atoms with Gasteiger partial charge in [0.15, 0.2) is 0 Å². The van der Waals surface area contributed by atoms with Gasteiger partial charge >= 0.3 is 0 Å². The van der Waals surface area contributed by atoms with Crippen molar-refractivity contribution < 1.29 is 4.74 Å². The first-order valence-electron chi connectivity index (χ1n) is 6.86. The van der Waals surface area contributed by atoms with Crippen molar-refractivity contribution in [2.75, 3.05) is 7.11 Å². The van der Waals surface area contributed by atoms with Crippen molar-refractivity contribution in [3.8, 4) is 22.4 Å². The Kier molecular flexibility index (Phi) is 4.07. The number of ether oxygens (including phenoxy) is 1. The molecule has 0 saturated heterocycles. The van der Waals surface area contributed by atoms with Gasteiger partial charge < -0.3 is 4.74 Å². The topological polar surface area (TPSA) is 57.0 Å². The third kappa shape index (κ3) is 2.80. The molecule has 0 fully saturated rings. The standard InChI is InChI=1S/C17H15N3O2/c1-22-12-20-17(21)15(13-7-9-18-10-8-13)11-16(19-20)14-5-3-2-4-6-14/h2-11H,12H2,1H3. The molecule has 22 heavy (non-hydrogen) atoms. The van der Waals surface area contributed by atoms with Gasteiger partial charge in [0.2, 0.25) is 0 Å². The second-order valence-corrected chi connectivity index (χ2v) is 4.77. The first-order chi connectivity index (χ1) is 10.8. The van der Waals surface area contributed by atoms with Crippen molar-refractivity contribution in [2.45, 2.75) is 6.73 Å². The van der Waals surface area contributed by atoms with Gasteiger partial charge in [0.05, 0.1) is 11.3 Å². The number of pyridine rings is 1. The minimum absolute atomic E-state index is 0.109. The zero-order valence-corrected chi connectivity index (χ0v) is 12.1. The molecule has 0 radical (unpaired) electrons. The van der Waals surface area contributed by atoms with Crippen molar-refractivity contribution in [3.63, 3.8) is 0 Å². The molecule has 2 aromatic heterocycles. The van der Waals surface area contributed by atoms with E-state index in [1.807, 2.05) is 42.5 Å². The predicted molar refractivity (Wildman–Crippen MR) is 84.2 cm³/mol. The zero-order valence-electron chi connectivity index (χ0n) is 12.1. The molecule has 0 aliphatic rings. The van der Waals surface area contributed by atoms with Crippen LogP contribution in [0.25, 0.3) is 22.4 Å². The maximum absolute atomic E-state index is 12.5. The monoisotopic (exact) mass is 293 g/mol. The van der Waals surface area contributed by atoms with Crippen molar-refractivity contribution in [2.24, 2.45) is 0 Å². The third-order valence-electron chi connectivity index (χ3n) is 3.29. The molecule has 0 aliphatic carbocycles. The Labute approximate surface area is 127 Å². The summed E-state index contributed by atoms with van der Waals surface area (Å²) < 4.78 is 6.41. The molecule has 0 atom stereocenters. The summed E-state index contributed by atoms with van der Waals surface area (Å²) in [6.07, 6.45) is 3.33. The van der Waals surface area contributed by atoms with E-state index in [4.69, 9.17) is 4.74 Å². The molecule has 110 valence electrons. The van der Waals surface area contributed by atoms with E-state index in [1.165, 1.54) is 11.8 Å². The molecule has 0 N–H and O–H groups in total. The van der Waals surface area contributed by atoms with Crippen LogP contribution in [0.15, 0.2) is 65.7 Å². The minimum Gasteiger partial charge on any atom is -0.362 e. The number of benzene rings is 1. The van der Waals surface area contributed by atoms with E-state index in [9.17, 15) is 4.79 Å². The number of rotatable bonds is 4. The summed E-state index contributed by atoms with van der Waals surface area (Å²) in [5.74, 6) is 0. The van der Waals surface area contributed by atoms with Gasteiger partial charge in [0, 0.05) is 25.1 Å². The summed E-state index contributed by atoms with van der Waals surface area (Å²) in [6, 6.07) is 15.2. The summed E-state index contributed by atoms with van der Waals surface area (Å²) in [4.78, 5) is 16.5. The summed E-state index contributed by atoms with van der Waals surface area (Å²) in [5, 5.41) is 4.38. The fraction of sp³-hybridized carbons (Fsp3) is 0.118. The van der Waals surface area contributed by atoms with Crippen molar-refractivity contribution >= 4 is 0 Å². The fourth-order valence-electron chi connectivity index (χ4n) is 2.24. The largest absolute Gasteiger partial charge is 0.362 e. The molecule has 0 unspecified atom stereocenters. The van der Waals surface area contributed by atoms with Gasteiger partial charge in [-0.25, -0.2) is 4.68 Å². The summed E-state index contributed by atoms with van der Waals surface area (Å²) in [6.45, 7) is 0.109. The Hall–Kier alpha value is -2.79. The Morgan fingerprint density at radius 2 is 1.77 bits per heavy atom. The number of methoxy groups -OCH3 is 1. The molecule has 0 spiro atoms. The summed E-state index contributed by atoms with van der Waals surface area (Å²) >= 11 is 0. The van der Waals surface area contributed by atoms with Crippen LogP contribution in [0.4, 0.5) is 0 Å². The van der Waals surface area contributed by atoms with Crippen molar-refractivity contribution in [1.82, 2.24) is 14.8 Å². The Balaban J connectivity index is 2.21. The van der Waals surface area contributed by atoms with E-state index in [1.54, 1.807) is 18.5 Å². The molecular formula is C17H15N3O2. The van der Waals surface area contributed by atoms with Crippen LogP contribution in [-0.4, -0.2) is 21.9 Å². The lowest BCUT2D eigenvalue weighted by atomic mass is 10.1. The highest BCUT2D eigenvalue weighted by Crippen LogP contribution is 2.21. The number of aromatic nitrogens is 3. The predicted octanol–water partition coefficient (Wildman–Crippen LogP) is 2.58. The highest BCUT2D eigenvalue weighted by atomic mass is 16.5. The van der Waals surface area contributed by atoms with Crippen LogP contribution < -0.4 is 5.56 Å². The van der Waals surface area contributed by atoms with E-state index in [-0.39, 0.29) is 12.3 Å². The molecule has 0 aliphatic heterocycles. The van der Waals surface area contributed by atoms with E-state index < -0.39 is 0 Å². The lowest BCUT2D eigenvalue weighted by Crippen LogP contribution is -2.25. The summed E-state index contributed by atoms with van der Waals surface area (Å²) in [5.41, 5.74) is 2.87. The normalized spacial score (nSPS) is 10.6. The van der Waals surface area contributed by atoms with E-state index >= 15 is 0 Å². The Bertz CT molecular complexity index is 814. The highest BCUT2D eigenvalue weighted by Gasteiger charge is 2.11. The molecular weight excluding hydrogens is 278 g/mol. The lowest BCUT2D eigenvalue weighted by molar-refractivity contribution is 0.116. The number of nitrogens with zero attached hydrogens (tertiary/aromatic N) is 3. The first-order valence-corrected chi connectivity index (χ1v) is 6.86. The third-order valence-corrected chi connectivity index (χ3v) is 3.29. The maximum Gasteiger partial charge on any atom is 0.276 e. The first kappa shape index (κ1) is 14.2. The molecule has 0 amide bonds. The van der Waals surface area contributed by atoms with Crippen LogP contribution in [0.5, 0.6) is 0 Å². The lowest BCUT2D eigenvalue weighted by Gasteiger charge is -2.10. The van der Waals surface area contributed by atoms with Crippen molar-refractivity contribution in [3.05, 3.63) is 71.3 Å². The van der Waals surface area contributed by atoms with Gasteiger partial charge in [-0.2, -0.15) is 5.10 Å². The highest BCUT2D eigenvalue weighted by molar-refractivity contribution is 5.69. The molecule has 0 bridgehead atoms. The van der Waals surface area contributed by atoms with Gasteiger partial charge in [-0.15, -0.1) is 0 Å². The second-order valence-electron chi connectivity index (χ2n) is 4.77. The van der Waals surface area contributed by atoms with Gasteiger partial charge in [-0.05, 0) is 23.8 Å². The van der Waals surface area contributed by atoms with E-state index in [0.29, 0.717) is 5.56 Å². The van der Waals surface area contributed by atoms with Crippen LogP contribution in [0, 0.1) is 0 Å². The number of hydrogen-bond acceptors (Lipinski definition) is 4. The van der Waals surface area contributed by atoms with E-state index in [2.05, 4.69) is 10.1 Å². The Morgan fingerprint density at radius 3 is 2.45 bits per heavy atom. The molecule has 2 heterocycles. The summed E-state index contributed by atoms with van der Waals surface area (Å²) in [7, 11) is 1.54. The number of hydrogen-bond donors (Lipinski definition) is 0. The van der Waals surface area contributed by atoms with Crippen molar-refractivity contribution in [1.29, 1.82) is 0 Å². The second kappa shape index (κ2) is 6.32. The van der Waals surface area contributed by atoms with Gasteiger partial charge in [-0.3, -0.25) is 9.78 Å². The van der Waals surface area contributed by atoms with Gasteiger partial charge in [0.25, 0.3) is 5.56 Å². The van der Waals surface area contributed by atoms with Crippen LogP contribution in [0.2, 0.25) is 0 Å². The smallest absolute Gasteiger partial charge is 0.276 e. The fourth-order valence-corrected chi connectivity index (χ4v) is 2.24. The molecule has 5 heteroatoms. The maximum atomic E-state index is 12.5. The molecule has 0 saturated carbocycles. The van der Waals surface area contributed by atoms with Crippen LogP contribution in [-0.2, 0) is 11.5 Å². The van der Waals surface area contributed by atoms with Gasteiger partial charge in [0.1, 0.15) is 6.73 Å². The van der Waals surface area contributed by atoms with E-state index in [0.717, 1.165) is 16.8 Å². The van der Waals surface area contributed by atoms with Crippen LogP contribution >= 0.6 is 0 Å². The minimum atomic E-state index is -0.187. The Morgan fingerprint density at radius 1 is 1.05 bits per heavy atom. The molecule has 5 nitrogen and oxygen atoms in total. The van der Waals surface area contributed by atoms with Gasteiger partial charge in [-0.1, -0.05) is 30.3 Å². The SMILES string of the molecule is COCn1nc(-c2ccccc2)cc(-c2ccncc2)c1=O. The average Bonchev–Trinajstić information content (AvgIpc) is 2.58. The quantitative estimate of drug-likeness (QED) is 0.742. The average molecular weight is 293 g/mol. The zero-order chi connectivity index (χ0) is 15.4.